The number of rotatable bonds is 0. The maximum Gasteiger partial charge on any atom is 0.180 e. The molecule has 0 aromatic carbocycles. The summed E-state index contributed by atoms with van der Waals surface area (Å²) < 4.78 is 4.47. The number of nitrogens with zero attached hydrogens (tertiary/aromatic N) is 3. The molecule has 3 aromatic rings. The first-order chi connectivity index (χ1) is 14.7. The quantitative estimate of drug-likeness (QED) is 0.330. The Hall–Kier alpha value is -1.95. The van der Waals surface area contributed by atoms with Crippen LogP contribution in [0.2, 0.25) is 0 Å². The van der Waals surface area contributed by atoms with E-state index in [2.05, 4.69) is 86.7 Å². The van der Waals surface area contributed by atoms with Crippen LogP contribution in [-0.2, 0) is 0 Å². The van der Waals surface area contributed by atoms with Gasteiger partial charge >= 0.3 is 0 Å². The molecular weight excluding hydrogens is 440 g/mol. The first kappa shape index (κ1) is 53.4. The summed E-state index contributed by atoms with van der Waals surface area (Å²) >= 11 is 1.60. The van der Waals surface area contributed by atoms with Gasteiger partial charge in [-0.25, -0.2) is 9.97 Å². The molecule has 0 aliphatic heterocycles. The average molecular weight is 505 g/mol. The van der Waals surface area contributed by atoms with Crippen molar-refractivity contribution in [2.24, 2.45) is 17.8 Å². The van der Waals surface area contributed by atoms with Gasteiger partial charge in [-0.05, 0) is 17.8 Å². The lowest BCUT2D eigenvalue weighted by molar-refractivity contribution is 0.558. The first-order valence-corrected chi connectivity index (χ1v) is 12.2. The molecule has 0 amide bonds. The van der Waals surface area contributed by atoms with E-state index in [1.54, 1.807) is 48.0 Å². The summed E-state index contributed by atoms with van der Waals surface area (Å²) in [5.41, 5.74) is 1.79. The zero-order chi connectivity index (χ0) is 25.3. The zero-order valence-corrected chi connectivity index (χ0v) is 23.4. The number of aromatic amines is 1. The fourth-order valence-corrected chi connectivity index (χ4v) is 0.918. The Morgan fingerprint density at radius 3 is 1.18 bits per heavy atom. The largest absolute Gasteiger partial charge is 0.452 e. The highest BCUT2D eigenvalue weighted by atomic mass is 32.1. The number of imidazole rings is 1. The molecule has 0 unspecified atom stereocenters. The molecular formula is C28H64N4OS. The van der Waals surface area contributed by atoms with Gasteiger partial charge in [-0.15, -0.1) is 11.3 Å². The second-order valence-electron chi connectivity index (χ2n) is 7.31. The minimum Gasteiger partial charge on any atom is -0.452 e. The average Bonchev–Trinajstić information content (AvgIpc) is 3.52. The minimum absolute atomic E-state index is 0. The molecule has 3 aromatic heterocycles. The fraction of sp³-hybridized carbons (Fsp3) is 0.679. The summed E-state index contributed by atoms with van der Waals surface area (Å²) in [4.78, 5) is 13.7. The van der Waals surface area contributed by atoms with Crippen LogP contribution < -0.4 is 0 Å². The molecule has 3 rings (SSSR count). The second kappa shape index (κ2) is 57.7. The molecule has 0 radical (unpaired) electrons. The zero-order valence-electron chi connectivity index (χ0n) is 22.6. The number of H-pyrrole nitrogens is 1. The van der Waals surface area contributed by atoms with Gasteiger partial charge in [0.1, 0.15) is 6.26 Å². The number of hydrogen-bond acceptors (Lipinski definition) is 5. The molecule has 3 heterocycles. The van der Waals surface area contributed by atoms with Crippen LogP contribution in [0.25, 0.3) is 0 Å². The standard InChI is InChI=1S/3C4H10.C3H4N2.C3H3NO.C3H3NS.2C2H6.3CH4/c3*1-4(2)3;3*1-2-5-3-4-1;2*1-2;;;/h3*4H,1-3H3;1-3H,(H,4,5);2*1-3H;2*1-2H3;3*1H4. The van der Waals surface area contributed by atoms with Crippen LogP contribution in [0.15, 0.2) is 59.1 Å². The van der Waals surface area contributed by atoms with Gasteiger partial charge < -0.3 is 9.40 Å². The SMILES string of the molecule is C.C.C.CC.CC.CC(C)C.CC(C)C.CC(C)C.c1c[nH]cn1.c1cocn1.c1cscn1. The van der Waals surface area contributed by atoms with E-state index in [-0.39, 0.29) is 22.3 Å². The highest BCUT2D eigenvalue weighted by Gasteiger charge is 1.69. The van der Waals surface area contributed by atoms with Crippen molar-refractivity contribution in [1.29, 1.82) is 0 Å². The van der Waals surface area contributed by atoms with E-state index in [0.29, 0.717) is 0 Å². The van der Waals surface area contributed by atoms with E-state index in [0.717, 1.165) is 17.8 Å². The highest BCUT2D eigenvalue weighted by Crippen LogP contribution is 1.86. The lowest BCUT2D eigenvalue weighted by Gasteiger charge is -1.79. The summed E-state index contributed by atoms with van der Waals surface area (Å²) in [7, 11) is 0. The van der Waals surface area contributed by atoms with Gasteiger partial charge in [0.2, 0.25) is 0 Å². The second-order valence-corrected chi connectivity index (χ2v) is 8.06. The van der Waals surface area contributed by atoms with Crippen molar-refractivity contribution in [3.05, 3.63) is 54.7 Å². The molecule has 0 aliphatic rings. The number of thiazole rings is 1. The number of aromatic nitrogens is 4. The molecule has 0 aliphatic carbocycles. The van der Waals surface area contributed by atoms with Gasteiger partial charge in [-0.2, -0.15) is 0 Å². The third kappa shape index (κ3) is 149. The molecule has 5 nitrogen and oxygen atoms in total. The van der Waals surface area contributed by atoms with Gasteiger partial charge in [-0.1, -0.05) is 112 Å². The van der Waals surface area contributed by atoms with Crippen molar-refractivity contribution in [2.75, 3.05) is 0 Å². The summed E-state index contributed by atoms with van der Waals surface area (Å²) in [6, 6.07) is 0. The van der Waals surface area contributed by atoms with Crippen LogP contribution in [0.4, 0.5) is 0 Å². The van der Waals surface area contributed by atoms with E-state index in [9.17, 15) is 0 Å². The fourth-order valence-electron chi connectivity index (χ4n) is 0.567. The molecule has 0 saturated carbocycles. The van der Waals surface area contributed by atoms with Crippen molar-refractivity contribution >= 4 is 11.3 Å². The van der Waals surface area contributed by atoms with Crippen LogP contribution in [0.5, 0.6) is 0 Å². The number of oxazole rings is 1. The van der Waals surface area contributed by atoms with E-state index >= 15 is 0 Å². The maximum absolute atomic E-state index is 4.47. The van der Waals surface area contributed by atoms with Crippen LogP contribution in [-0.4, -0.2) is 19.9 Å². The molecule has 0 saturated heterocycles. The van der Waals surface area contributed by atoms with Crippen molar-refractivity contribution < 1.29 is 4.42 Å². The Labute approximate surface area is 220 Å². The predicted octanol–water partition coefficient (Wildman–Crippen LogP) is 11.2. The molecule has 0 spiro atoms. The van der Waals surface area contributed by atoms with Gasteiger partial charge in [0, 0.05) is 24.0 Å². The van der Waals surface area contributed by atoms with Gasteiger partial charge in [0.05, 0.1) is 18.0 Å². The number of hydrogen-bond donors (Lipinski definition) is 1. The van der Waals surface area contributed by atoms with Gasteiger partial charge in [-0.3, -0.25) is 4.98 Å². The summed E-state index contributed by atoms with van der Waals surface area (Å²) in [5, 5.41) is 1.93. The lowest BCUT2D eigenvalue weighted by Crippen LogP contribution is -1.66. The van der Waals surface area contributed by atoms with Crippen LogP contribution in [0, 0.1) is 17.8 Å². The number of nitrogens with one attached hydrogen (secondary N) is 1. The molecule has 34 heavy (non-hydrogen) atoms. The van der Waals surface area contributed by atoms with Gasteiger partial charge in [0.15, 0.2) is 6.39 Å². The Balaban J connectivity index is -0.0000000381. The van der Waals surface area contributed by atoms with Crippen LogP contribution in [0.1, 0.15) is 112 Å². The molecule has 208 valence electrons. The summed E-state index contributed by atoms with van der Waals surface area (Å²) in [6.07, 6.45) is 11.3. The highest BCUT2D eigenvalue weighted by molar-refractivity contribution is 7.07. The first-order valence-electron chi connectivity index (χ1n) is 11.3. The Kier molecular flexibility index (Phi) is 90.6. The van der Waals surface area contributed by atoms with Gasteiger partial charge in [0.25, 0.3) is 0 Å². The minimum atomic E-state index is 0. The predicted molar refractivity (Wildman–Crippen MR) is 162 cm³/mol. The van der Waals surface area contributed by atoms with Crippen molar-refractivity contribution in [3.63, 3.8) is 0 Å². The van der Waals surface area contributed by atoms with E-state index < -0.39 is 0 Å². The molecule has 1 N–H and O–H groups in total. The van der Waals surface area contributed by atoms with E-state index in [1.165, 1.54) is 12.7 Å². The van der Waals surface area contributed by atoms with E-state index in [4.69, 9.17) is 0 Å². The topological polar surface area (TPSA) is 67.6 Å². The van der Waals surface area contributed by atoms with Crippen LogP contribution >= 0.6 is 11.3 Å². The van der Waals surface area contributed by atoms with Crippen molar-refractivity contribution in [1.82, 2.24) is 19.9 Å². The lowest BCUT2D eigenvalue weighted by atomic mass is 10.3. The third-order valence-electron chi connectivity index (χ3n) is 1.10. The summed E-state index contributed by atoms with van der Waals surface area (Å²) in [6.45, 7) is 27.5. The van der Waals surface area contributed by atoms with Crippen molar-refractivity contribution in [3.8, 4) is 0 Å². The normalized spacial score (nSPS) is 7.06. The Morgan fingerprint density at radius 1 is 0.647 bits per heavy atom. The Morgan fingerprint density at radius 2 is 1.09 bits per heavy atom. The smallest absolute Gasteiger partial charge is 0.180 e. The Bertz CT molecular complexity index is 358. The molecule has 0 bridgehead atoms. The monoisotopic (exact) mass is 504 g/mol. The maximum atomic E-state index is 4.47. The van der Waals surface area contributed by atoms with Crippen molar-refractivity contribution in [2.45, 2.75) is 112 Å². The van der Waals surface area contributed by atoms with Crippen LogP contribution in [0.3, 0.4) is 0 Å². The molecule has 0 fully saturated rings. The third-order valence-corrected chi connectivity index (χ3v) is 1.62. The summed E-state index contributed by atoms with van der Waals surface area (Å²) in [5.74, 6) is 2.50. The molecule has 0 atom stereocenters. The molecule has 6 heteroatoms. The van der Waals surface area contributed by atoms with E-state index in [1.807, 2.05) is 33.1 Å².